The lowest BCUT2D eigenvalue weighted by molar-refractivity contribution is 0.0198. The lowest BCUT2D eigenvalue weighted by Gasteiger charge is -2.32. The van der Waals surface area contributed by atoms with Crippen LogP contribution >= 0.6 is 11.3 Å². The highest BCUT2D eigenvalue weighted by Crippen LogP contribution is 2.30. The Morgan fingerprint density at radius 1 is 1.42 bits per heavy atom. The van der Waals surface area contributed by atoms with Gasteiger partial charge in [0.15, 0.2) is 5.13 Å². The van der Waals surface area contributed by atoms with Gasteiger partial charge >= 0.3 is 6.09 Å². The van der Waals surface area contributed by atoms with Gasteiger partial charge in [0.2, 0.25) is 11.7 Å². The predicted molar refractivity (Wildman–Crippen MR) is 89.6 cm³/mol. The average molecular weight is 351 g/mol. The normalized spacial score (nSPS) is 16.4. The number of rotatable bonds is 2. The standard InChI is InChI=1S/C15H21N5O3S/c1-15(2,3)22-14(21)20-6-4-9(5-7-20)12-18-11(19-23-12)10-8-17-13(16)24-10/h8-9H,4-7H2,1-3H3,(H2,16,17). The van der Waals surface area contributed by atoms with E-state index < -0.39 is 5.60 Å². The first-order chi connectivity index (χ1) is 11.3. The van der Waals surface area contributed by atoms with Crippen molar-refractivity contribution in [2.24, 2.45) is 0 Å². The summed E-state index contributed by atoms with van der Waals surface area (Å²) in [5, 5.41) is 4.48. The summed E-state index contributed by atoms with van der Waals surface area (Å²) in [6.07, 6.45) is 2.91. The van der Waals surface area contributed by atoms with Gasteiger partial charge in [0.25, 0.3) is 0 Å². The van der Waals surface area contributed by atoms with Crippen molar-refractivity contribution < 1.29 is 14.1 Å². The zero-order valence-corrected chi connectivity index (χ0v) is 14.8. The van der Waals surface area contributed by atoms with Gasteiger partial charge in [0, 0.05) is 19.0 Å². The highest BCUT2D eigenvalue weighted by molar-refractivity contribution is 7.18. The van der Waals surface area contributed by atoms with Gasteiger partial charge in [-0.15, -0.1) is 0 Å². The second kappa shape index (κ2) is 6.39. The first-order valence-corrected chi connectivity index (χ1v) is 8.67. The van der Waals surface area contributed by atoms with Crippen LogP contribution in [-0.2, 0) is 4.74 Å². The molecule has 0 spiro atoms. The molecule has 0 saturated carbocycles. The van der Waals surface area contributed by atoms with Crippen molar-refractivity contribution >= 4 is 22.6 Å². The summed E-state index contributed by atoms with van der Waals surface area (Å²) < 4.78 is 10.8. The van der Waals surface area contributed by atoms with E-state index in [1.54, 1.807) is 11.1 Å². The van der Waals surface area contributed by atoms with Crippen molar-refractivity contribution in [2.75, 3.05) is 18.8 Å². The number of thiazole rings is 1. The molecule has 0 bridgehead atoms. The summed E-state index contributed by atoms with van der Waals surface area (Å²) in [5.74, 6) is 1.25. The van der Waals surface area contributed by atoms with Gasteiger partial charge in [-0.1, -0.05) is 16.5 Å². The Morgan fingerprint density at radius 3 is 2.71 bits per heavy atom. The Hall–Kier alpha value is -2.16. The lowest BCUT2D eigenvalue weighted by atomic mass is 9.97. The van der Waals surface area contributed by atoms with Gasteiger partial charge in [0.1, 0.15) is 5.60 Å². The number of nitrogen functional groups attached to an aromatic ring is 1. The van der Waals surface area contributed by atoms with E-state index in [0.717, 1.165) is 17.7 Å². The van der Waals surface area contributed by atoms with Crippen molar-refractivity contribution in [3.63, 3.8) is 0 Å². The lowest BCUT2D eigenvalue weighted by Crippen LogP contribution is -2.41. The second-order valence-corrected chi connectivity index (χ2v) is 7.82. The van der Waals surface area contributed by atoms with E-state index in [-0.39, 0.29) is 12.0 Å². The first-order valence-electron chi connectivity index (χ1n) is 7.85. The molecule has 1 fully saturated rings. The summed E-state index contributed by atoms with van der Waals surface area (Å²) in [6.45, 7) is 6.83. The fourth-order valence-corrected chi connectivity index (χ4v) is 3.14. The van der Waals surface area contributed by atoms with Crippen LogP contribution in [0.2, 0.25) is 0 Å². The molecule has 8 nitrogen and oxygen atoms in total. The molecule has 3 heterocycles. The van der Waals surface area contributed by atoms with Crippen LogP contribution in [0.3, 0.4) is 0 Å². The number of carbonyl (C=O) groups excluding carboxylic acids is 1. The maximum atomic E-state index is 12.1. The maximum Gasteiger partial charge on any atom is 0.410 e. The van der Waals surface area contributed by atoms with Crippen LogP contribution in [0.4, 0.5) is 9.93 Å². The Bertz CT molecular complexity index is 713. The third-order valence-electron chi connectivity index (χ3n) is 3.68. The molecule has 3 rings (SSSR count). The van der Waals surface area contributed by atoms with Crippen molar-refractivity contribution in [1.82, 2.24) is 20.0 Å². The summed E-state index contributed by atoms with van der Waals surface area (Å²) in [6, 6.07) is 0. The van der Waals surface area contributed by atoms with E-state index in [1.165, 1.54) is 11.3 Å². The average Bonchev–Trinajstić information content (AvgIpc) is 3.14. The van der Waals surface area contributed by atoms with E-state index in [9.17, 15) is 4.79 Å². The zero-order chi connectivity index (χ0) is 17.3. The molecule has 1 aliphatic heterocycles. The summed E-state index contributed by atoms with van der Waals surface area (Å²) >= 11 is 1.32. The number of likely N-dealkylation sites (tertiary alicyclic amines) is 1. The largest absolute Gasteiger partial charge is 0.444 e. The summed E-state index contributed by atoms with van der Waals surface area (Å²) in [7, 11) is 0. The van der Waals surface area contributed by atoms with Gasteiger partial charge in [-0.3, -0.25) is 0 Å². The highest BCUT2D eigenvalue weighted by atomic mass is 32.1. The molecule has 0 unspecified atom stereocenters. The molecular formula is C15H21N5O3S. The molecule has 9 heteroatoms. The summed E-state index contributed by atoms with van der Waals surface area (Å²) in [4.78, 5) is 23.0. The molecule has 2 aromatic rings. The molecule has 2 aromatic heterocycles. The third kappa shape index (κ3) is 3.84. The molecule has 130 valence electrons. The van der Waals surface area contributed by atoms with Gasteiger partial charge < -0.3 is 19.9 Å². The quantitative estimate of drug-likeness (QED) is 0.886. The van der Waals surface area contributed by atoms with E-state index in [0.29, 0.717) is 29.9 Å². The smallest absolute Gasteiger partial charge is 0.410 e. The SMILES string of the molecule is CC(C)(C)OC(=O)N1CCC(c2nc(-c3cnc(N)s3)no2)CC1. The zero-order valence-electron chi connectivity index (χ0n) is 14.0. The second-order valence-electron chi connectivity index (χ2n) is 6.76. The van der Waals surface area contributed by atoms with Crippen molar-refractivity contribution in [3.8, 4) is 10.7 Å². The Balaban J connectivity index is 1.59. The highest BCUT2D eigenvalue weighted by Gasteiger charge is 2.30. The number of hydrogen-bond donors (Lipinski definition) is 1. The van der Waals surface area contributed by atoms with E-state index in [2.05, 4.69) is 15.1 Å². The number of aromatic nitrogens is 3. The van der Waals surface area contributed by atoms with Gasteiger partial charge in [-0.05, 0) is 33.6 Å². The van der Waals surface area contributed by atoms with Crippen LogP contribution in [0.5, 0.6) is 0 Å². The van der Waals surface area contributed by atoms with Crippen molar-refractivity contribution in [1.29, 1.82) is 0 Å². The first kappa shape index (κ1) is 16.7. The topological polar surface area (TPSA) is 107 Å². The molecule has 0 atom stereocenters. The number of piperidine rings is 1. The van der Waals surface area contributed by atoms with E-state index in [1.807, 2.05) is 20.8 Å². The van der Waals surface area contributed by atoms with Crippen LogP contribution in [-0.4, -0.2) is 44.8 Å². The molecule has 1 amide bonds. The minimum atomic E-state index is -0.480. The fourth-order valence-electron chi connectivity index (χ4n) is 2.53. The molecule has 1 aliphatic rings. The number of hydrogen-bond acceptors (Lipinski definition) is 8. The predicted octanol–water partition coefficient (Wildman–Crippen LogP) is 2.89. The van der Waals surface area contributed by atoms with Crippen LogP contribution < -0.4 is 5.73 Å². The van der Waals surface area contributed by atoms with Gasteiger partial charge in [-0.25, -0.2) is 9.78 Å². The van der Waals surface area contributed by atoms with Crippen molar-refractivity contribution in [3.05, 3.63) is 12.1 Å². The monoisotopic (exact) mass is 351 g/mol. The molecular weight excluding hydrogens is 330 g/mol. The molecule has 2 N–H and O–H groups in total. The molecule has 24 heavy (non-hydrogen) atoms. The number of nitrogens with two attached hydrogens (primary N) is 1. The molecule has 0 aromatic carbocycles. The minimum Gasteiger partial charge on any atom is -0.444 e. The number of amides is 1. The van der Waals surface area contributed by atoms with Crippen LogP contribution in [0.1, 0.15) is 45.4 Å². The number of carbonyl (C=O) groups is 1. The van der Waals surface area contributed by atoms with Crippen LogP contribution in [0, 0.1) is 0 Å². The fraction of sp³-hybridized carbons (Fsp3) is 0.600. The Kier molecular flexibility index (Phi) is 4.44. The Labute approximate surface area is 144 Å². The van der Waals surface area contributed by atoms with Crippen LogP contribution in [0.15, 0.2) is 10.7 Å². The van der Waals surface area contributed by atoms with Crippen LogP contribution in [0.25, 0.3) is 10.7 Å². The van der Waals surface area contributed by atoms with Crippen molar-refractivity contribution in [2.45, 2.75) is 45.1 Å². The van der Waals surface area contributed by atoms with E-state index >= 15 is 0 Å². The summed E-state index contributed by atoms with van der Waals surface area (Å²) in [5.41, 5.74) is 5.14. The third-order valence-corrected chi connectivity index (χ3v) is 4.50. The molecule has 0 radical (unpaired) electrons. The maximum absolute atomic E-state index is 12.1. The molecule has 1 saturated heterocycles. The number of nitrogens with zero attached hydrogens (tertiary/aromatic N) is 4. The minimum absolute atomic E-state index is 0.148. The molecule has 0 aliphatic carbocycles. The Morgan fingerprint density at radius 2 is 2.12 bits per heavy atom. The number of ether oxygens (including phenoxy) is 1. The van der Waals surface area contributed by atoms with Gasteiger partial charge in [0.05, 0.1) is 11.1 Å². The number of anilines is 1. The van der Waals surface area contributed by atoms with Gasteiger partial charge in [-0.2, -0.15) is 4.98 Å². The van der Waals surface area contributed by atoms with E-state index in [4.69, 9.17) is 15.0 Å².